The number of rotatable bonds is 3. The van der Waals surface area contributed by atoms with E-state index in [2.05, 4.69) is 15.2 Å². The second-order valence-electron chi connectivity index (χ2n) is 3.15. The minimum absolute atomic E-state index is 0.414. The highest BCUT2D eigenvalue weighted by Gasteiger charge is 2.08. The van der Waals surface area contributed by atoms with E-state index in [1.165, 1.54) is 0 Å². The van der Waals surface area contributed by atoms with E-state index >= 15 is 0 Å². The molecule has 5 heteroatoms. The third-order valence-electron chi connectivity index (χ3n) is 2.14. The molecule has 2 heterocycles. The summed E-state index contributed by atoms with van der Waals surface area (Å²) in [5.74, 6) is 0.880. The van der Waals surface area contributed by atoms with Gasteiger partial charge in [-0.1, -0.05) is 13.0 Å². The average molecular weight is 223 g/mol. The van der Waals surface area contributed by atoms with Crippen molar-refractivity contribution in [3.8, 4) is 0 Å². The fourth-order valence-corrected chi connectivity index (χ4v) is 1.58. The van der Waals surface area contributed by atoms with Crippen LogP contribution in [0.3, 0.4) is 0 Å². The van der Waals surface area contributed by atoms with Crippen molar-refractivity contribution in [3.05, 3.63) is 41.2 Å². The van der Waals surface area contributed by atoms with Crippen LogP contribution in [0.25, 0.3) is 0 Å². The summed E-state index contributed by atoms with van der Waals surface area (Å²) in [5, 5.41) is 8.23. The lowest BCUT2D eigenvalue weighted by Crippen LogP contribution is -2.05. The van der Waals surface area contributed by atoms with Gasteiger partial charge in [-0.2, -0.15) is 0 Å². The third-order valence-corrected chi connectivity index (χ3v) is 2.42. The van der Waals surface area contributed by atoms with E-state index < -0.39 is 0 Å². The monoisotopic (exact) mass is 222 g/mol. The molecule has 2 aromatic heterocycles. The first-order valence-corrected chi connectivity index (χ1v) is 5.16. The number of halogens is 1. The van der Waals surface area contributed by atoms with Crippen molar-refractivity contribution in [2.45, 2.75) is 19.9 Å². The second kappa shape index (κ2) is 4.40. The molecule has 0 bridgehead atoms. The summed E-state index contributed by atoms with van der Waals surface area (Å²) < 4.78 is 1.86. The number of aryl methyl sites for hydroxylation is 1. The van der Waals surface area contributed by atoms with Gasteiger partial charge in [-0.05, 0) is 23.7 Å². The average Bonchev–Trinajstić information content (AvgIpc) is 2.62. The van der Waals surface area contributed by atoms with Gasteiger partial charge in [-0.15, -0.1) is 10.2 Å². The van der Waals surface area contributed by atoms with Gasteiger partial charge in [0.1, 0.15) is 5.82 Å². The first-order chi connectivity index (χ1) is 7.31. The highest BCUT2D eigenvalue weighted by Crippen LogP contribution is 2.10. The van der Waals surface area contributed by atoms with Gasteiger partial charge in [-0.3, -0.25) is 9.55 Å². The Kier molecular flexibility index (Phi) is 2.97. The second-order valence-corrected chi connectivity index (χ2v) is 3.48. The molecule has 0 saturated carbocycles. The van der Waals surface area contributed by atoms with Gasteiger partial charge >= 0.3 is 0 Å². The quantitative estimate of drug-likeness (QED) is 0.797. The van der Waals surface area contributed by atoms with Gasteiger partial charge in [0.15, 0.2) is 0 Å². The largest absolute Gasteiger partial charge is 0.296 e. The van der Waals surface area contributed by atoms with Crippen LogP contribution in [0.5, 0.6) is 0 Å². The molecule has 0 aliphatic heterocycles. The van der Waals surface area contributed by atoms with Gasteiger partial charge in [0.25, 0.3) is 0 Å². The highest BCUT2D eigenvalue weighted by molar-refractivity contribution is 6.28. The molecule has 0 radical (unpaired) electrons. The highest BCUT2D eigenvalue weighted by atomic mass is 35.5. The van der Waals surface area contributed by atoms with E-state index in [1.54, 1.807) is 6.20 Å². The zero-order chi connectivity index (χ0) is 10.7. The zero-order valence-electron chi connectivity index (χ0n) is 8.39. The summed E-state index contributed by atoms with van der Waals surface area (Å²) in [7, 11) is 0. The predicted octanol–water partition coefficient (Wildman–Crippen LogP) is 1.94. The maximum atomic E-state index is 5.94. The molecule has 4 nitrogen and oxygen atoms in total. The molecule has 0 aromatic carbocycles. The van der Waals surface area contributed by atoms with Crippen LogP contribution < -0.4 is 0 Å². The Morgan fingerprint density at radius 1 is 1.33 bits per heavy atom. The summed E-state index contributed by atoms with van der Waals surface area (Å²) in [5.41, 5.74) is 0.953. The van der Waals surface area contributed by atoms with E-state index in [-0.39, 0.29) is 0 Å². The van der Waals surface area contributed by atoms with Crippen molar-refractivity contribution in [2.24, 2.45) is 0 Å². The molecular weight excluding hydrogens is 212 g/mol. The lowest BCUT2D eigenvalue weighted by atomic mass is 10.3. The van der Waals surface area contributed by atoms with Crippen LogP contribution in [0, 0.1) is 0 Å². The van der Waals surface area contributed by atoms with Gasteiger partial charge in [0, 0.05) is 12.6 Å². The van der Waals surface area contributed by atoms with Gasteiger partial charge in [0.05, 0.1) is 12.2 Å². The first kappa shape index (κ1) is 10.1. The molecule has 2 rings (SSSR count). The van der Waals surface area contributed by atoms with E-state index in [9.17, 15) is 0 Å². The summed E-state index contributed by atoms with van der Waals surface area (Å²) >= 11 is 5.94. The normalized spacial score (nSPS) is 10.5. The lowest BCUT2D eigenvalue weighted by Gasteiger charge is -2.05. The number of nitrogens with zero attached hydrogens (tertiary/aromatic N) is 4. The van der Waals surface area contributed by atoms with Crippen LogP contribution in [0.1, 0.15) is 18.4 Å². The molecule has 0 N–H and O–H groups in total. The van der Waals surface area contributed by atoms with Crippen molar-refractivity contribution < 1.29 is 0 Å². The summed E-state index contributed by atoms with van der Waals surface area (Å²) in [6.07, 6.45) is 2.58. The third kappa shape index (κ3) is 2.15. The smallest absolute Gasteiger partial charge is 0.225 e. The lowest BCUT2D eigenvalue weighted by molar-refractivity contribution is 0.717. The minimum Gasteiger partial charge on any atom is -0.296 e. The number of hydrogen-bond donors (Lipinski definition) is 0. The Hall–Kier alpha value is -1.42. The molecule has 0 aliphatic carbocycles. The van der Waals surface area contributed by atoms with Gasteiger partial charge < -0.3 is 0 Å². The maximum absolute atomic E-state index is 5.94. The maximum Gasteiger partial charge on any atom is 0.225 e. The van der Waals surface area contributed by atoms with Crippen molar-refractivity contribution in [1.29, 1.82) is 0 Å². The standard InChI is InChI=1S/C10H11ClN4/c1-2-9-13-14-10(11)15(9)7-8-5-3-4-6-12-8/h3-6H,2,7H2,1H3. The summed E-state index contributed by atoms with van der Waals surface area (Å²) in [6.45, 7) is 2.64. The van der Waals surface area contributed by atoms with Crippen molar-refractivity contribution in [3.63, 3.8) is 0 Å². The zero-order valence-corrected chi connectivity index (χ0v) is 9.15. The number of pyridine rings is 1. The fourth-order valence-electron chi connectivity index (χ4n) is 1.39. The Labute approximate surface area is 92.9 Å². The van der Waals surface area contributed by atoms with E-state index in [0.717, 1.165) is 17.9 Å². The van der Waals surface area contributed by atoms with E-state index in [4.69, 9.17) is 11.6 Å². The number of hydrogen-bond acceptors (Lipinski definition) is 3. The molecule has 0 saturated heterocycles. The molecule has 0 amide bonds. The van der Waals surface area contributed by atoms with E-state index in [0.29, 0.717) is 11.8 Å². The predicted molar refractivity (Wildman–Crippen MR) is 57.7 cm³/mol. The molecule has 0 atom stereocenters. The van der Waals surface area contributed by atoms with Crippen LogP contribution in [-0.4, -0.2) is 19.7 Å². The van der Waals surface area contributed by atoms with Crippen LogP contribution in [0.2, 0.25) is 5.28 Å². The van der Waals surface area contributed by atoms with E-state index in [1.807, 2.05) is 29.7 Å². The minimum atomic E-state index is 0.414. The fraction of sp³-hybridized carbons (Fsp3) is 0.300. The first-order valence-electron chi connectivity index (χ1n) is 4.78. The SMILES string of the molecule is CCc1nnc(Cl)n1Cc1ccccn1. The molecule has 2 aromatic rings. The summed E-state index contributed by atoms with van der Waals surface area (Å²) in [4.78, 5) is 4.24. The van der Waals surface area contributed by atoms with Crippen molar-refractivity contribution in [1.82, 2.24) is 19.7 Å². The van der Waals surface area contributed by atoms with Crippen molar-refractivity contribution in [2.75, 3.05) is 0 Å². The topological polar surface area (TPSA) is 43.6 Å². The molecule has 78 valence electrons. The molecule has 0 fully saturated rings. The van der Waals surface area contributed by atoms with Crippen molar-refractivity contribution >= 4 is 11.6 Å². The molecular formula is C10H11ClN4. The van der Waals surface area contributed by atoms with Crippen LogP contribution in [0.15, 0.2) is 24.4 Å². The Morgan fingerprint density at radius 3 is 2.87 bits per heavy atom. The molecule has 0 aliphatic rings. The number of aromatic nitrogens is 4. The summed E-state index contributed by atoms with van der Waals surface area (Å²) in [6, 6.07) is 5.79. The van der Waals surface area contributed by atoms with Gasteiger partial charge in [0.2, 0.25) is 5.28 Å². The Bertz CT molecular complexity index is 438. The Morgan fingerprint density at radius 2 is 2.20 bits per heavy atom. The molecule has 0 spiro atoms. The van der Waals surface area contributed by atoms with Crippen LogP contribution in [-0.2, 0) is 13.0 Å². The molecule has 0 unspecified atom stereocenters. The Balaban J connectivity index is 2.27. The van der Waals surface area contributed by atoms with Gasteiger partial charge in [-0.25, -0.2) is 0 Å². The van der Waals surface area contributed by atoms with Crippen LogP contribution >= 0.6 is 11.6 Å². The molecule has 15 heavy (non-hydrogen) atoms. The van der Waals surface area contributed by atoms with Crippen LogP contribution in [0.4, 0.5) is 0 Å².